The number of unbranched alkanes of at least 4 members (excludes halogenated alkanes) is 2. The van der Waals surface area contributed by atoms with Gasteiger partial charge in [0.05, 0.1) is 52.9 Å². The van der Waals surface area contributed by atoms with Crippen LogP contribution in [0.2, 0.25) is 0 Å². The van der Waals surface area contributed by atoms with Gasteiger partial charge in [0, 0.05) is 16.7 Å². The lowest BCUT2D eigenvalue weighted by molar-refractivity contribution is -0.162. The Hall–Kier alpha value is -0.160. The van der Waals surface area contributed by atoms with E-state index in [-0.39, 0.29) is 10.8 Å². The summed E-state index contributed by atoms with van der Waals surface area (Å²) in [6.07, 6.45) is 7.33. The average Bonchev–Trinajstić information content (AvgIpc) is 2.52. The molecule has 0 atom stereocenters. The molecule has 0 N–H and O–H groups in total. The van der Waals surface area contributed by atoms with Crippen molar-refractivity contribution in [2.45, 2.75) is 59.3 Å². The minimum atomic E-state index is 0.282. The summed E-state index contributed by atoms with van der Waals surface area (Å²) in [6.45, 7) is 13.5. The maximum absolute atomic E-state index is 6.09. The van der Waals surface area contributed by atoms with Crippen LogP contribution in [0.3, 0.4) is 0 Å². The number of rotatable bonds is 14. The molecule has 2 heterocycles. The van der Waals surface area contributed by atoms with E-state index in [1.165, 1.54) is 25.7 Å². The standard InChI is InChI=1S/C20H38O4/c1-4-7-8-9-18(10-21-12-19(5-2)14-23-15-19)11-22-13-20(6-3)16-24-17-20/h18H,4-17H2,1-3H3. The van der Waals surface area contributed by atoms with Gasteiger partial charge < -0.3 is 18.9 Å². The van der Waals surface area contributed by atoms with E-state index in [2.05, 4.69) is 20.8 Å². The number of hydrogen-bond acceptors (Lipinski definition) is 4. The van der Waals surface area contributed by atoms with Crippen LogP contribution in [0, 0.1) is 16.7 Å². The Morgan fingerprint density at radius 3 is 1.62 bits per heavy atom. The van der Waals surface area contributed by atoms with Crippen LogP contribution in [0.4, 0.5) is 0 Å². The Morgan fingerprint density at radius 1 is 0.792 bits per heavy atom. The molecule has 2 fully saturated rings. The molecule has 2 rings (SSSR count). The van der Waals surface area contributed by atoms with Gasteiger partial charge in [0.2, 0.25) is 0 Å². The van der Waals surface area contributed by atoms with Crippen molar-refractivity contribution in [1.82, 2.24) is 0 Å². The minimum absolute atomic E-state index is 0.282. The van der Waals surface area contributed by atoms with Crippen LogP contribution < -0.4 is 0 Å². The first-order valence-electron chi connectivity index (χ1n) is 9.98. The number of ether oxygens (including phenoxy) is 4. The summed E-state index contributed by atoms with van der Waals surface area (Å²) >= 11 is 0. The molecule has 0 radical (unpaired) electrons. The summed E-state index contributed by atoms with van der Waals surface area (Å²) in [6, 6.07) is 0. The molecule has 2 aliphatic heterocycles. The molecule has 0 amide bonds. The molecule has 2 saturated heterocycles. The lowest BCUT2D eigenvalue weighted by atomic mass is 9.84. The lowest BCUT2D eigenvalue weighted by Gasteiger charge is -2.41. The molecule has 0 aromatic carbocycles. The van der Waals surface area contributed by atoms with Gasteiger partial charge in [-0.25, -0.2) is 0 Å². The highest BCUT2D eigenvalue weighted by Crippen LogP contribution is 2.32. The normalized spacial score (nSPS) is 21.5. The van der Waals surface area contributed by atoms with Gasteiger partial charge in [0.1, 0.15) is 0 Å². The van der Waals surface area contributed by atoms with Crippen molar-refractivity contribution >= 4 is 0 Å². The molecule has 4 nitrogen and oxygen atoms in total. The van der Waals surface area contributed by atoms with Crippen molar-refractivity contribution in [2.24, 2.45) is 16.7 Å². The molecular formula is C20H38O4. The fourth-order valence-corrected chi connectivity index (χ4v) is 3.34. The van der Waals surface area contributed by atoms with Gasteiger partial charge in [-0.2, -0.15) is 0 Å². The van der Waals surface area contributed by atoms with Gasteiger partial charge in [-0.05, 0) is 19.3 Å². The molecule has 24 heavy (non-hydrogen) atoms. The Morgan fingerprint density at radius 2 is 1.29 bits per heavy atom. The van der Waals surface area contributed by atoms with Crippen molar-refractivity contribution in [3.8, 4) is 0 Å². The first kappa shape index (κ1) is 20.2. The minimum Gasteiger partial charge on any atom is -0.380 e. The molecule has 0 bridgehead atoms. The van der Waals surface area contributed by atoms with Gasteiger partial charge in [-0.1, -0.05) is 40.0 Å². The van der Waals surface area contributed by atoms with Gasteiger partial charge in [-0.3, -0.25) is 0 Å². The number of hydrogen-bond donors (Lipinski definition) is 0. The summed E-state index contributed by atoms with van der Waals surface area (Å²) in [5, 5.41) is 0. The largest absolute Gasteiger partial charge is 0.380 e. The van der Waals surface area contributed by atoms with Crippen molar-refractivity contribution in [3.63, 3.8) is 0 Å². The fourth-order valence-electron chi connectivity index (χ4n) is 3.34. The fraction of sp³-hybridized carbons (Fsp3) is 1.00. The van der Waals surface area contributed by atoms with Crippen molar-refractivity contribution in [2.75, 3.05) is 52.9 Å². The lowest BCUT2D eigenvalue weighted by Crippen LogP contribution is -2.46. The molecule has 0 aromatic rings. The first-order valence-corrected chi connectivity index (χ1v) is 9.98. The van der Waals surface area contributed by atoms with E-state index in [0.717, 1.165) is 65.7 Å². The molecule has 4 heteroatoms. The van der Waals surface area contributed by atoms with Crippen LogP contribution in [-0.2, 0) is 18.9 Å². The van der Waals surface area contributed by atoms with Crippen LogP contribution in [0.15, 0.2) is 0 Å². The third-order valence-electron chi connectivity index (χ3n) is 5.87. The van der Waals surface area contributed by atoms with E-state index in [1.54, 1.807) is 0 Å². The van der Waals surface area contributed by atoms with Crippen LogP contribution in [0.25, 0.3) is 0 Å². The Balaban J connectivity index is 1.67. The summed E-state index contributed by atoms with van der Waals surface area (Å²) in [7, 11) is 0. The van der Waals surface area contributed by atoms with Gasteiger partial charge in [0.25, 0.3) is 0 Å². The quantitative estimate of drug-likeness (QED) is 0.446. The maximum atomic E-state index is 6.09. The molecule has 0 aromatic heterocycles. The zero-order valence-electron chi connectivity index (χ0n) is 16.1. The molecule has 0 spiro atoms. The molecular weight excluding hydrogens is 304 g/mol. The monoisotopic (exact) mass is 342 g/mol. The highest BCUT2D eigenvalue weighted by molar-refractivity contribution is 4.85. The average molecular weight is 343 g/mol. The third kappa shape index (κ3) is 5.69. The van der Waals surface area contributed by atoms with Crippen LogP contribution in [0.5, 0.6) is 0 Å². The second-order valence-electron chi connectivity index (χ2n) is 8.08. The van der Waals surface area contributed by atoms with E-state index in [9.17, 15) is 0 Å². The van der Waals surface area contributed by atoms with E-state index in [4.69, 9.17) is 18.9 Å². The SMILES string of the molecule is CCCCCC(COCC1(CC)COC1)COCC1(CC)COC1. The van der Waals surface area contributed by atoms with Gasteiger partial charge in [0.15, 0.2) is 0 Å². The predicted molar refractivity (Wildman–Crippen MR) is 96.4 cm³/mol. The molecule has 0 saturated carbocycles. The highest BCUT2D eigenvalue weighted by Gasteiger charge is 2.38. The summed E-state index contributed by atoms with van der Waals surface area (Å²) in [5.41, 5.74) is 0.564. The predicted octanol–water partition coefficient (Wildman–Crippen LogP) is 4.07. The summed E-state index contributed by atoms with van der Waals surface area (Å²) < 4.78 is 22.9. The van der Waals surface area contributed by atoms with Crippen molar-refractivity contribution < 1.29 is 18.9 Å². The van der Waals surface area contributed by atoms with Crippen LogP contribution >= 0.6 is 0 Å². The van der Waals surface area contributed by atoms with Crippen LogP contribution in [-0.4, -0.2) is 52.9 Å². The van der Waals surface area contributed by atoms with Crippen molar-refractivity contribution in [1.29, 1.82) is 0 Å². The van der Waals surface area contributed by atoms with Crippen molar-refractivity contribution in [3.05, 3.63) is 0 Å². The second-order valence-corrected chi connectivity index (χ2v) is 8.08. The Kier molecular flexibility index (Phi) is 8.48. The Bertz CT molecular complexity index is 298. The topological polar surface area (TPSA) is 36.9 Å². The Labute approximate surface area is 148 Å². The van der Waals surface area contributed by atoms with Gasteiger partial charge in [-0.15, -0.1) is 0 Å². The summed E-state index contributed by atoms with van der Waals surface area (Å²) in [4.78, 5) is 0. The molecule has 2 aliphatic rings. The van der Waals surface area contributed by atoms with Gasteiger partial charge >= 0.3 is 0 Å². The second kappa shape index (κ2) is 10.1. The van der Waals surface area contributed by atoms with E-state index >= 15 is 0 Å². The van der Waals surface area contributed by atoms with E-state index in [0.29, 0.717) is 5.92 Å². The van der Waals surface area contributed by atoms with E-state index in [1.807, 2.05) is 0 Å². The third-order valence-corrected chi connectivity index (χ3v) is 5.87. The molecule has 0 aliphatic carbocycles. The summed E-state index contributed by atoms with van der Waals surface area (Å²) in [5.74, 6) is 0.515. The zero-order chi connectivity index (χ0) is 17.3. The van der Waals surface area contributed by atoms with E-state index < -0.39 is 0 Å². The molecule has 0 unspecified atom stereocenters. The zero-order valence-corrected chi connectivity index (χ0v) is 16.1. The highest BCUT2D eigenvalue weighted by atomic mass is 16.5. The first-order chi connectivity index (χ1) is 11.7. The maximum Gasteiger partial charge on any atom is 0.0566 e. The van der Waals surface area contributed by atoms with Crippen LogP contribution in [0.1, 0.15) is 59.3 Å². The molecule has 142 valence electrons. The smallest absolute Gasteiger partial charge is 0.0566 e.